The van der Waals surface area contributed by atoms with E-state index in [0.717, 1.165) is 21.9 Å². The van der Waals surface area contributed by atoms with Gasteiger partial charge in [-0.15, -0.1) is 34.5 Å². The number of alkyl halides is 2. The summed E-state index contributed by atoms with van der Waals surface area (Å²) in [6.07, 6.45) is 3.65. The van der Waals surface area contributed by atoms with Crippen LogP contribution in [0.5, 0.6) is 11.5 Å². The van der Waals surface area contributed by atoms with E-state index in [0.29, 0.717) is 22.5 Å². The molecule has 2 aliphatic carbocycles. The SMILES string of the molecule is O=C1C2CC=C3C(CC4(Cl)C(=O)N(c5ccc(F)cc5)C(=O)C4(Cl)C3C3=COc4ccc(O)cc4C3)C2C(=O)N1Cc1cccs1. The number of hydrogen-bond acceptors (Lipinski definition) is 7. The maximum Gasteiger partial charge on any atom is 0.258 e. The van der Waals surface area contributed by atoms with Gasteiger partial charge in [-0.2, -0.15) is 0 Å². The molecule has 1 saturated carbocycles. The second kappa shape index (κ2) is 10.3. The number of allylic oxidation sites excluding steroid dienone is 3. The average Bonchev–Trinajstić information content (AvgIpc) is 3.68. The Bertz CT molecular complexity index is 1910. The van der Waals surface area contributed by atoms with Gasteiger partial charge in [0.1, 0.15) is 17.3 Å². The van der Waals surface area contributed by atoms with Crippen molar-refractivity contribution >= 4 is 63.9 Å². The standard InChI is InChI=1S/C34H25Cl2FN2O6S/c35-33-14-25-23(8-9-24-27(25)30(42)38(29(24)41)15-22-2-1-11-46-22)28(18-12-17-13-21(40)7-10-26(17)45-16-18)34(33,36)32(44)39(31(33)43)20-5-3-19(37)4-6-20/h1-8,10-11,13,16,24-25,27-28,40H,9,12,14-15H2. The summed E-state index contributed by atoms with van der Waals surface area (Å²) in [6, 6.07) is 13.3. The zero-order valence-electron chi connectivity index (χ0n) is 24.0. The molecule has 8 nitrogen and oxygen atoms in total. The van der Waals surface area contributed by atoms with Crippen LogP contribution < -0.4 is 9.64 Å². The summed E-state index contributed by atoms with van der Waals surface area (Å²) in [7, 11) is 0. The number of rotatable bonds is 4. The van der Waals surface area contributed by atoms with E-state index < -0.39 is 51.1 Å². The van der Waals surface area contributed by atoms with Crippen LogP contribution in [0.2, 0.25) is 0 Å². The first-order valence-electron chi connectivity index (χ1n) is 14.8. The average molecular weight is 680 g/mol. The molecule has 1 aromatic heterocycles. The van der Waals surface area contributed by atoms with Gasteiger partial charge >= 0.3 is 0 Å². The molecule has 3 aliphatic heterocycles. The van der Waals surface area contributed by atoms with Crippen LogP contribution in [0.4, 0.5) is 10.1 Å². The van der Waals surface area contributed by atoms with Gasteiger partial charge in [-0.25, -0.2) is 9.29 Å². The summed E-state index contributed by atoms with van der Waals surface area (Å²) in [4.78, 5) is 55.6. The molecular formula is C34H25Cl2FN2O6S. The fourth-order valence-corrected chi connectivity index (χ4v) is 9.63. The molecule has 2 aromatic carbocycles. The fraction of sp³-hybridized carbons (Fsp3) is 0.294. The second-order valence-corrected chi connectivity index (χ2v) is 14.6. The van der Waals surface area contributed by atoms with Crippen LogP contribution in [-0.2, 0) is 32.1 Å². The maximum absolute atomic E-state index is 14.5. The number of amides is 4. The molecule has 5 aliphatic rings. The fourth-order valence-electron chi connectivity index (χ4n) is 7.99. The van der Waals surface area contributed by atoms with Gasteiger partial charge in [0.15, 0.2) is 9.75 Å². The second-order valence-electron chi connectivity index (χ2n) is 12.4. The van der Waals surface area contributed by atoms with E-state index in [1.807, 2.05) is 23.6 Å². The molecule has 2 saturated heterocycles. The highest BCUT2D eigenvalue weighted by atomic mass is 35.5. The third kappa shape index (κ3) is 3.96. The van der Waals surface area contributed by atoms with Crippen molar-refractivity contribution in [2.45, 2.75) is 35.6 Å². The van der Waals surface area contributed by atoms with Gasteiger partial charge in [0, 0.05) is 22.8 Å². The molecule has 0 bridgehead atoms. The van der Waals surface area contributed by atoms with E-state index in [9.17, 15) is 28.7 Å². The minimum Gasteiger partial charge on any atom is -0.508 e. The molecule has 8 rings (SSSR count). The first kappa shape index (κ1) is 29.4. The Morgan fingerprint density at radius 3 is 2.52 bits per heavy atom. The lowest BCUT2D eigenvalue weighted by atomic mass is 9.56. The zero-order valence-corrected chi connectivity index (χ0v) is 26.3. The number of anilines is 1. The highest BCUT2D eigenvalue weighted by Gasteiger charge is 2.77. The molecule has 6 atom stereocenters. The molecule has 12 heteroatoms. The van der Waals surface area contributed by atoms with Crippen molar-refractivity contribution in [2.75, 3.05) is 4.90 Å². The number of benzene rings is 2. The number of carbonyl (C=O) groups is 4. The van der Waals surface area contributed by atoms with Crippen molar-refractivity contribution in [3.8, 4) is 11.5 Å². The van der Waals surface area contributed by atoms with Gasteiger partial charge in [-0.3, -0.25) is 24.1 Å². The molecule has 0 radical (unpaired) electrons. The third-order valence-electron chi connectivity index (χ3n) is 10.0. The lowest BCUT2D eigenvalue weighted by Crippen LogP contribution is -2.61. The summed E-state index contributed by atoms with van der Waals surface area (Å²) < 4.78 is 19.8. The van der Waals surface area contributed by atoms with Crippen molar-refractivity contribution in [1.29, 1.82) is 0 Å². The summed E-state index contributed by atoms with van der Waals surface area (Å²) in [5.74, 6) is -5.36. The van der Waals surface area contributed by atoms with Crippen molar-refractivity contribution in [3.63, 3.8) is 0 Å². The number of likely N-dealkylation sites (tertiary alicyclic amines) is 1. The normalized spacial score (nSPS) is 31.5. The van der Waals surface area contributed by atoms with Gasteiger partial charge in [0.05, 0.1) is 30.3 Å². The van der Waals surface area contributed by atoms with E-state index in [1.165, 1.54) is 40.7 Å². The maximum atomic E-state index is 14.5. The lowest BCUT2D eigenvalue weighted by Gasteiger charge is -2.51. The molecule has 1 N–H and O–H groups in total. The van der Waals surface area contributed by atoms with Gasteiger partial charge in [-0.1, -0.05) is 17.7 Å². The topological polar surface area (TPSA) is 104 Å². The molecule has 3 aromatic rings. The highest BCUT2D eigenvalue weighted by molar-refractivity contribution is 7.09. The molecule has 46 heavy (non-hydrogen) atoms. The molecule has 234 valence electrons. The van der Waals surface area contributed by atoms with Crippen molar-refractivity contribution < 1.29 is 33.4 Å². The molecule has 4 amide bonds. The number of thiophene rings is 1. The molecule has 4 heterocycles. The number of phenols is 1. The van der Waals surface area contributed by atoms with Gasteiger partial charge in [0.25, 0.3) is 11.8 Å². The van der Waals surface area contributed by atoms with Crippen LogP contribution in [0.25, 0.3) is 0 Å². The Kier molecular flexibility index (Phi) is 6.56. The Morgan fingerprint density at radius 1 is 1.00 bits per heavy atom. The summed E-state index contributed by atoms with van der Waals surface area (Å²) in [6.45, 7) is 0.147. The van der Waals surface area contributed by atoms with Gasteiger partial charge in [-0.05, 0) is 78.2 Å². The number of aromatic hydroxyl groups is 1. The van der Waals surface area contributed by atoms with Crippen molar-refractivity contribution in [2.24, 2.45) is 23.7 Å². The van der Waals surface area contributed by atoms with Crippen LogP contribution in [0.3, 0.4) is 0 Å². The zero-order chi connectivity index (χ0) is 32.1. The van der Waals surface area contributed by atoms with E-state index >= 15 is 0 Å². The van der Waals surface area contributed by atoms with Crippen molar-refractivity contribution in [1.82, 2.24) is 4.90 Å². The lowest BCUT2D eigenvalue weighted by molar-refractivity contribution is -0.141. The van der Waals surface area contributed by atoms with Crippen LogP contribution in [0.1, 0.15) is 23.3 Å². The summed E-state index contributed by atoms with van der Waals surface area (Å²) >= 11 is 16.3. The Labute approximate surface area is 276 Å². The van der Waals surface area contributed by atoms with Gasteiger partial charge in [0.2, 0.25) is 11.8 Å². The quantitative estimate of drug-likeness (QED) is 0.216. The van der Waals surface area contributed by atoms with Crippen LogP contribution in [0.15, 0.2) is 83.5 Å². The number of phenolic OH excluding ortho intramolecular Hbond substituents is 1. The van der Waals surface area contributed by atoms with Crippen LogP contribution in [0, 0.1) is 29.5 Å². The minimum absolute atomic E-state index is 0.0209. The Balaban J connectivity index is 1.26. The number of nitrogens with zero attached hydrogens (tertiary/aromatic N) is 2. The number of imide groups is 2. The van der Waals surface area contributed by atoms with E-state index in [4.69, 9.17) is 27.9 Å². The molecule has 6 unspecified atom stereocenters. The monoisotopic (exact) mass is 678 g/mol. The van der Waals surface area contributed by atoms with Crippen molar-refractivity contribution in [3.05, 3.63) is 99.7 Å². The predicted molar refractivity (Wildman–Crippen MR) is 168 cm³/mol. The molecular weight excluding hydrogens is 654 g/mol. The third-order valence-corrected chi connectivity index (χ3v) is 12.3. The largest absolute Gasteiger partial charge is 0.508 e. The molecule has 0 spiro atoms. The number of halogens is 3. The number of fused-ring (bicyclic) bond motifs is 5. The summed E-state index contributed by atoms with van der Waals surface area (Å²) in [5.41, 5.74) is 1.92. The van der Waals surface area contributed by atoms with E-state index in [-0.39, 0.29) is 49.1 Å². The summed E-state index contributed by atoms with van der Waals surface area (Å²) in [5, 5.41) is 12.1. The Hall–Kier alpha value is -3.99. The Morgan fingerprint density at radius 2 is 1.78 bits per heavy atom. The van der Waals surface area contributed by atoms with Crippen LogP contribution >= 0.6 is 34.5 Å². The van der Waals surface area contributed by atoms with E-state index in [1.54, 1.807) is 12.1 Å². The highest BCUT2D eigenvalue weighted by Crippen LogP contribution is 2.65. The smallest absolute Gasteiger partial charge is 0.258 e. The minimum atomic E-state index is -2.05. The van der Waals surface area contributed by atoms with Gasteiger partial charge < -0.3 is 9.84 Å². The van der Waals surface area contributed by atoms with E-state index in [2.05, 4.69) is 0 Å². The van der Waals surface area contributed by atoms with Crippen LogP contribution in [-0.4, -0.2) is 43.4 Å². The number of hydrogen-bond donors (Lipinski definition) is 1. The first-order chi connectivity index (χ1) is 22.0. The molecule has 3 fully saturated rings. The predicted octanol–water partition coefficient (Wildman–Crippen LogP) is 5.71. The number of carbonyl (C=O) groups excluding carboxylic acids is 4. The first-order valence-corrected chi connectivity index (χ1v) is 16.4. The number of ether oxygens (including phenoxy) is 1.